The number of hydrogen-bond donors (Lipinski definition) is 2. The van der Waals surface area contributed by atoms with Gasteiger partial charge in [0, 0.05) is 17.8 Å². The van der Waals surface area contributed by atoms with Crippen molar-refractivity contribution >= 4 is 17.5 Å². The molecule has 3 aromatic carbocycles. The van der Waals surface area contributed by atoms with E-state index < -0.39 is 11.5 Å². The Morgan fingerprint density at radius 1 is 0.938 bits per heavy atom. The maximum atomic E-state index is 13.8. The Morgan fingerprint density at radius 2 is 1.59 bits per heavy atom. The number of amides is 2. The quantitative estimate of drug-likeness (QED) is 0.572. The van der Waals surface area contributed by atoms with Gasteiger partial charge in [0.25, 0.3) is 5.91 Å². The molecule has 3 aromatic rings. The predicted molar refractivity (Wildman–Crippen MR) is 123 cm³/mol. The van der Waals surface area contributed by atoms with Gasteiger partial charge in [0.1, 0.15) is 5.75 Å². The third-order valence-electron chi connectivity index (χ3n) is 6.87. The van der Waals surface area contributed by atoms with E-state index in [0.717, 1.165) is 36.8 Å². The van der Waals surface area contributed by atoms with Gasteiger partial charge in [-0.05, 0) is 54.3 Å². The van der Waals surface area contributed by atoms with Gasteiger partial charge in [-0.1, -0.05) is 61.4 Å². The number of carbonyl (C=O) groups excluding carboxylic acids is 2. The Hall–Kier alpha value is -3.60. The van der Waals surface area contributed by atoms with Gasteiger partial charge >= 0.3 is 0 Å². The monoisotopic (exact) mass is 426 g/mol. The molecule has 1 aliphatic heterocycles. The standard InChI is InChI=1S/C27H26N2O3/c30-21-14-12-20(13-15-21)28-25(31)24-22-10-4-5-11-23(22)26(32)29(27(24)16-6-7-17-27)18-19-8-2-1-3-9-19/h1-5,8-15,24,30H,6-7,16-18H2,(H,28,31)/t24-/m0/s1. The topological polar surface area (TPSA) is 69.6 Å². The lowest BCUT2D eigenvalue weighted by atomic mass is 9.71. The van der Waals surface area contributed by atoms with Gasteiger partial charge < -0.3 is 15.3 Å². The lowest BCUT2D eigenvalue weighted by molar-refractivity contribution is -0.121. The van der Waals surface area contributed by atoms with E-state index >= 15 is 0 Å². The molecule has 0 radical (unpaired) electrons. The first-order valence-corrected chi connectivity index (χ1v) is 11.1. The van der Waals surface area contributed by atoms with Crippen molar-refractivity contribution in [3.05, 3.63) is 95.6 Å². The summed E-state index contributed by atoms with van der Waals surface area (Å²) in [5.74, 6) is -0.426. The molecule has 1 saturated carbocycles. The zero-order valence-electron chi connectivity index (χ0n) is 17.8. The van der Waals surface area contributed by atoms with E-state index in [-0.39, 0.29) is 17.6 Å². The highest BCUT2D eigenvalue weighted by molar-refractivity contribution is 6.05. The van der Waals surface area contributed by atoms with Crippen LogP contribution in [0.2, 0.25) is 0 Å². The number of phenolic OH excluding ortho intramolecular Hbond substituents is 1. The molecule has 5 rings (SSSR count). The third-order valence-corrected chi connectivity index (χ3v) is 6.87. The van der Waals surface area contributed by atoms with E-state index in [1.165, 1.54) is 0 Å². The van der Waals surface area contributed by atoms with Crippen molar-refractivity contribution in [3.63, 3.8) is 0 Å². The van der Waals surface area contributed by atoms with Crippen molar-refractivity contribution < 1.29 is 14.7 Å². The van der Waals surface area contributed by atoms with Crippen molar-refractivity contribution in [1.29, 1.82) is 0 Å². The highest BCUT2D eigenvalue weighted by Gasteiger charge is 2.55. The fraction of sp³-hybridized carbons (Fsp3) is 0.259. The van der Waals surface area contributed by atoms with Crippen LogP contribution >= 0.6 is 0 Å². The zero-order valence-corrected chi connectivity index (χ0v) is 17.8. The van der Waals surface area contributed by atoms with Gasteiger partial charge in [0.05, 0.1) is 11.5 Å². The summed E-state index contributed by atoms with van der Waals surface area (Å²) in [6.45, 7) is 0.483. The molecule has 2 aliphatic rings. The molecule has 2 amide bonds. The van der Waals surface area contributed by atoms with Crippen molar-refractivity contribution in [2.45, 2.75) is 43.7 Å². The van der Waals surface area contributed by atoms with Gasteiger partial charge in [-0.15, -0.1) is 0 Å². The van der Waals surface area contributed by atoms with Crippen LogP contribution in [-0.2, 0) is 11.3 Å². The summed E-state index contributed by atoms with van der Waals surface area (Å²) in [6, 6.07) is 24.0. The highest BCUT2D eigenvalue weighted by atomic mass is 16.3. The molecule has 5 heteroatoms. The molecular weight excluding hydrogens is 400 g/mol. The minimum absolute atomic E-state index is 0.0000338. The average Bonchev–Trinajstić information content (AvgIpc) is 3.29. The van der Waals surface area contributed by atoms with Gasteiger partial charge in [-0.2, -0.15) is 0 Å². The molecule has 2 N–H and O–H groups in total. The number of nitrogens with one attached hydrogen (secondary N) is 1. The maximum Gasteiger partial charge on any atom is 0.254 e. The Labute approximate surface area is 187 Å². The first-order valence-electron chi connectivity index (χ1n) is 11.1. The second kappa shape index (κ2) is 8.15. The van der Waals surface area contributed by atoms with Crippen molar-refractivity contribution in [1.82, 2.24) is 4.90 Å². The van der Waals surface area contributed by atoms with Crippen LogP contribution in [0.25, 0.3) is 0 Å². The predicted octanol–water partition coefficient (Wildman–Crippen LogP) is 5.08. The molecule has 32 heavy (non-hydrogen) atoms. The summed E-state index contributed by atoms with van der Waals surface area (Å²) in [6.07, 6.45) is 3.58. The first kappa shape index (κ1) is 20.3. The number of rotatable bonds is 4. The number of nitrogens with zero attached hydrogens (tertiary/aromatic N) is 1. The number of aromatic hydroxyl groups is 1. The van der Waals surface area contributed by atoms with E-state index in [1.54, 1.807) is 24.3 Å². The molecule has 1 aliphatic carbocycles. The van der Waals surface area contributed by atoms with Gasteiger partial charge in [-0.25, -0.2) is 0 Å². The van der Waals surface area contributed by atoms with Gasteiger partial charge in [-0.3, -0.25) is 9.59 Å². The largest absolute Gasteiger partial charge is 0.508 e. The van der Waals surface area contributed by atoms with Crippen LogP contribution in [0.5, 0.6) is 5.75 Å². The van der Waals surface area contributed by atoms with Crippen LogP contribution in [-0.4, -0.2) is 27.4 Å². The summed E-state index contributed by atoms with van der Waals surface area (Å²) in [4.78, 5) is 29.4. The summed E-state index contributed by atoms with van der Waals surface area (Å²) >= 11 is 0. The number of phenols is 1. The first-order chi connectivity index (χ1) is 15.6. The van der Waals surface area contributed by atoms with Crippen LogP contribution in [0, 0.1) is 0 Å². The maximum absolute atomic E-state index is 13.8. The van der Waals surface area contributed by atoms with Crippen LogP contribution < -0.4 is 5.32 Å². The number of benzene rings is 3. The summed E-state index contributed by atoms with van der Waals surface area (Å²) in [7, 11) is 0. The molecular formula is C27H26N2O3. The van der Waals surface area contributed by atoms with Crippen LogP contribution in [0.4, 0.5) is 5.69 Å². The zero-order chi connectivity index (χ0) is 22.1. The van der Waals surface area contributed by atoms with E-state index in [0.29, 0.717) is 17.8 Å². The smallest absolute Gasteiger partial charge is 0.254 e. The second-order valence-corrected chi connectivity index (χ2v) is 8.74. The fourth-order valence-corrected chi connectivity index (χ4v) is 5.42. The van der Waals surface area contributed by atoms with Crippen LogP contribution in [0.1, 0.15) is 53.1 Å². The Morgan fingerprint density at radius 3 is 2.31 bits per heavy atom. The van der Waals surface area contributed by atoms with Gasteiger partial charge in [0.2, 0.25) is 5.91 Å². The Kier molecular flexibility index (Phi) is 5.17. The summed E-state index contributed by atoms with van der Waals surface area (Å²) < 4.78 is 0. The SMILES string of the molecule is O=C(Nc1ccc(O)cc1)[C@@H]1c2ccccc2C(=O)N(Cc2ccccc2)C12CCCC2. The lowest BCUT2D eigenvalue weighted by Gasteiger charge is -2.50. The van der Waals surface area contributed by atoms with E-state index in [2.05, 4.69) is 5.32 Å². The van der Waals surface area contributed by atoms with E-state index in [9.17, 15) is 14.7 Å². The number of hydrogen-bond acceptors (Lipinski definition) is 3. The summed E-state index contributed by atoms with van der Waals surface area (Å²) in [5.41, 5.74) is 2.54. The van der Waals surface area contributed by atoms with Crippen molar-refractivity contribution in [2.24, 2.45) is 0 Å². The van der Waals surface area contributed by atoms with Crippen LogP contribution in [0.15, 0.2) is 78.9 Å². The Bertz CT molecular complexity index is 1140. The average molecular weight is 427 g/mol. The molecule has 0 unspecified atom stereocenters. The molecule has 0 aromatic heterocycles. The number of fused-ring (bicyclic) bond motifs is 1. The minimum atomic E-state index is -0.553. The molecule has 5 nitrogen and oxygen atoms in total. The van der Waals surface area contributed by atoms with E-state index in [1.807, 2.05) is 59.5 Å². The third kappa shape index (κ3) is 3.44. The molecule has 1 heterocycles. The van der Waals surface area contributed by atoms with Gasteiger partial charge in [0.15, 0.2) is 0 Å². The van der Waals surface area contributed by atoms with Crippen LogP contribution in [0.3, 0.4) is 0 Å². The number of carbonyl (C=O) groups is 2. The molecule has 1 spiro atoms. The second-order valence-electron chi connectivity index (χ2n) is 8.74. The van der Waals surface area contributed by atoms with E-state index in [4.69, 9.17) is 0 Å². The minimum Gasteiger partial charge on any atom is -0.508 e. The normalized spacial score (nSPS) is 19.1. The van der Waals surface area contributed by atoms with Crippen molar-refractivity contribution in [3.8, 4) is 5.75 Å². The fourth-order valence-electron chi connectivity index (χ4n) is 5.42. The van der Waals surface area contributed by atoms with Crippen molar-refractivity contribution in [2.75, 3.05) is 5.32 Å². The molecule has 162 valence electrons. The molecule has 0 bridgehead atoms. The molecule has 1 atom stereocenters. The lowest BCUT2D eigenvalue weighted by Crippen LogP contribution is -2.59. The summed E-state index contributed by atoms with van der Waals surface area (Å²) in [5, 5.41) is 12.6. The molecule has 1 fully saturated rings. The highest BCUT2D eigenvalue weighted by Crippen LogP contribution is 2.51. The number of anilines is 1. The Balaban J connectivity index is 1.59. The molecule has 0 saturated heterocycles.